The molecule has 3 nitrogen and oxygen atoms in total. The molecule has 0 aromatic rings. The van der Waals surface area contributed by atoms with Gasteiger partial charge in [0.15, 0.2) is 0 Å². The van der Waals surface area contributed by atoms with Gasteiger partial charge in [0.2, 0.25) is 0 Å². The largest absolute Gasteiger partial charge is 0.329 e. The van der Waals surface area contributed by atoms with Crippen molar-refractivity contribution in [2.45, 2.75) is 13.0 Å². The van der Waals surface area contributed by atoms with Crippen LogP contribution in [0.1, 0.15) is 6.92 Å². The standard InChI is InChI=1S/C7H17N3/c1-7(5-8)10-4-3-9(2)6-10/h7H,3-6,8H2,1-2H3. The number of likely N-dealkylation sites (N-methyl/N-ethyl adjacent to an activating group) is 1. The molecule has 2 N–H and O–H groups in total. The zero-order valence-electron chi connectivity index (χ0n) is 6.88. The lowest BCUT2D eigenvalue weighted by Crippen LogP contribution is -2.37. The number of nitrogens with zero attached hydrogens (tertiary/aromatic N) is 2. The Bertz CT molecular complexity index is 105. The molecular weight excluding hydrogens is 126 g/mol. The van der Waals surface area contributed by atoms with Crippen LogP contribution in [0.3, 0.4) is 0 Å². The normalized spacial score (nSPS) is 25.5. The van der Waals surface area contributed by atoms with Crippen LogP contribution >= 0.6 is 0 Å². The lowest BCUT2D eigenvalue weighted by Gasteiger charge is -2.21. The number of hydrogen-bond acceptors (Lipinski definition) is 3. The van der Waals surface area contributed by atoms with Crippen molar-refractivity contribution in [3.8, 4) is 0 Å². The van der Waals surface area contributed by atoms with Crippen molar-refractivity contribution < 1.29 is 0 Å². The van der Waals surface area contributed by atoms with Gasteiger partial charge in [-0.3, -0.25) is 9.80 Å². The highest BCUT2D eigenvalue weighted by atomic mass is 15.4. The van der Waals surface area contributed by atoms with E-state index in [-0.39, 0.29) is 0 Å². The predicted molar refractivity (Wildman–Crippen MR) is 42.7 cm³/mol. The Morgan fingerprint density at radius 1 is 1.50 bits per heavy atom. The van der Waals surface area contributed by atoms with Crippen LogP contribution in [-0.2, 0) is 0 Å². The lowest BCUT2D eigenvalue weighted by molar-refractivity contribution is 0.222. The summed E-state index contributed by atoms with van der Waals surface area (Å²) in [7, 11) is 2.14. The quantitative estimate of drug-likeness (QED) is 0.567. The first-order chi connectivity index (χ1) is 4.74. The Morgan fingerprint density at radius 2 is 2.20 bits per heavy atom. The van der Waals surface area contributed by atoms with E-state index in [4.69, 9.17) is 5.73 Å². The molecule has 1 heterocycles. The second-order valence-corrected chi connectivity index (χ2v) is 3.12. The summed E-state index contributed by atoms with van der Waals surface area (Å²) in [6.45, 7) is 6.39. The van der Waals surface area contributed by atoms with Crippen molar-refractivity contribution in [3.63, 3.8) is 0 Å². The first-order valence-corrected chi connectivity index (χ1v) is 3.86. The summed E-state index contributed by atoms with van der Waals surface area (Å²) in [6, 6.07) is 0.546. The zero-order chi connectivity index (χ0) is 7.56. The molecule has 1 unspecified atom stereocenters. The molecule has 0 amide bonds. The molecule has 10 heavy (non-hydrogen) atoms. The van der Waals surface area contributed by atoms with Crippen LogP contribution in [0.5, 0.6) is 0 Å². The molecule has 0 radical (unpaired) electrons. The van der Waals surface area contributed by atoms with Crippen molar-refractivity contribution in [1.82, 2.24) is 9.80 Å². The highest BCUT2D eigenvalue weighted by molar-refractivity contribution is 4.73. The highest BCUT2D eigenvalue weighted by Gasteiger charge is 2.19. The van der Waals surface area contributed by atoms with Crippen LogP contribution in [0.15, 0.2) is 0 Å². The van der Waals surface area contributed by atoms with E-state index in [9.17, 15) is 0 Å². The summed E-state index contributed by atoms with van der Waals surface area (Å²) in [4.78, 5) is 4.71. The van der Waals surface area contributed by atoms with E-state index in [2.05, 4.69) is 23.8 Å². The van der Waals surface area contributed by atoms with E-state index in [0.29, 0.717) is 6.04 Å². The summed E-state index contributed by atoms with van der Waals surface area (Å²) < 4.78 is 0. The van der Waals surface area contributed by atoms with E-state index >= 15 is 0 Å². The lowest BCUT2D eigenvalue weighted by atomic mass is 10.3. The van der Waals surface area contributed by atoms with Gasteiger partial charge in [0.25, 0.3) is 0 Å². The van der Waals surface area contributed by atoms with Crippen LogP contribution in [0, 0.1) is 0 Å². The maximum absolute atomic E-state index is 5.54. The van der Waals surface area contributed by atoms with Crippen molar-refractivity contribution in [1.29, 1.82) is 0 Å². The van der Waals surface area contributed by atoms with Gasteiger partial charge in [-0.05, 0) is 14.0 Å². The van der Waals surface area contributed by atoms with Crippen LogP contribution in [0.2, 0.25) is 0 Å². The molecule has 1 rings (SSSR count). The highest BCUT2D eigenvalue weighted by Crippen LogP contribution is 2.05. The van der Waals surface area contributed by atoms with Crippen LogP contribution in [0.25, 0.3) is 0 Å². The number of nitrogens with two attached hydrogens (primary N) is 1. The maximum atomic E-state index is 5.54. The molecular formula is C7H17N3. The minimum absolute atomic E-state index is 0.546. The number of rotatable bonds is 2. The average molecular weight is 143 g/mol. The van der Waals surface area contributed by atoms with E-state index in [0.717, 1.165) is 13.2 Å². The fourth-order valence-corrected chi connectivity index (χ4v) is 1.26. The third-order valence-electron chi connectivity index (χ3n) is 2.16. The first kappa shape index (κ1) is 7.98. The SMILES string of the molecule is CC(CN)N1CCN(C)C1. The third kappa shape index (κ3) is 1.68. The monoisotopic (exact) mass is 143 g/mol. The Labute approximate surface area is 62.8 Å². The maximum Gasteiger partial charge on any atom is 0.0507 e. The molecule has 0 aromatic heterocycles. The van der Waals surface area contributed by atoms with E-state index < -0.39 is 0 Å². The molecule has 0 bridgehead atoms. The molecule has 1 saturated heterocycles. The van der Waals surface area contributed by atoms with Crippen molar-refractivity contribution in [2.24, 2.45) is 5.73 Å². The molecule has 0 saturated carbocycles. The minimum atomic E-state index is 0.546. The molecule has 1 aliphatic rings. The van der Waals surface area contributed by atoms with Crippen molar-refractivity contribution >= 4 is 0 Å². The third-order valence-corrected chi connectivity index (χ3v) is 2.16. The average Bonchev–Trinajstić information content (AvgIpc) is 2.34. The van der Waals surface area contributed by atoms with Gasteiger partial charge in [0, 0.05) is 25.7 Å². The topological polar surface area (TPSA) is 32.5 Å². The van der Waals surface area contributed by atoms with E-state index in [1.807, 2.05) is 0 Å². The van der Waals surface area contributed by atoms with Gasteiger partial charge < -0.3 is 5.73 Å². The molecule has 1 fully saturated rings. The molecule has 1 atom stereocenters. The zero-order valence-corrected chi connectivity index (χ0v) is 6.88. The molecule has 3 heteroatoms. The summed E-state index contributed by atoms with van der Waals surface area (Å²) in [5, 5.41) is 0. The van der Waals surface area contributed by atoms with Gasteiger partial charge in [0.05, 0.1) is 6.67 Å². The summed E-state index contributed by atoms with van der Waals surface area (Å²) >= 11 is 0. The van der Waals surface area contributed by atoms with Gasteiger partial charge in [-0.25, -0.2) is 0 Å². The van der Waals surface area contributed by atoms with Crippen molar-refractivity contribution in [3.05, 3.63) is 0 Å². The fraction of sp³-hybridized carbons (Fsp3) is 1.00. The van der Waals surface area contributed by atoms with Crippen LogP contribution in [0.4, 0.5) is 0 Å². The Kier molecular flexibility index (Phi) is 2.65. The molecule has 0 spiro atoms. The summed E-state index contributed by atoms with van der Waals surface area (Å²) in [6.07, 6.45) is 0. The van der Waals surface area contributed by atoms with Gasteiger partial charge in [0.1, 0.15) is 0 Å². The molecule has 0 aromatic carbocycles. The predicted octanol–water partition coefficient (Wildman–Crippen LogP) is -0.461. The second kappa shape index (κ2) is 3.32. The van der Waals surface area contributed by atoms with E-state index in [1.165, 1.54) is 13.1 Å². The minimum Gasteiger partial charge on any atom is -0.329 e. The smallest absolute Gasteiger partial charge is 0.0507 e. The van der Waals surface area contributed by atoms with Gasteiger partial charge in [-0.2, -0.15) is 0 Å². The second-order valence-electron chi connectivity index (χ2n) is 3.12. The molecule has 1 aliphatic heterocycles. The first-order valence-electron chi connectivity index (χ1n) is 3.86. The van der Waals surface area contributed by atoms with Gasteiger partial charge in [-0.1, -0.05) is 0 Å². The number of hydrogen-bond donors (Lipinski definition) is 1. The summed E-state index contributed by atoms with van der Waals surface area (Å²) in [5.41, 5.74) is 5.54. The van der Waals surface area contributed by atoms with Crippen LogP contribution < -0.4 is 5.73 Å². The Hall–Kier alpha value is -0.120. The van der Waals surface area contributed by atoms with Gasteiger partial charge >= 0.3 is 0 Å². The van der Waals surface area contributed by atoms with Crippen molar-refractivity contribution in [2.75, 3.05) is 33.4 Å². The Balaban J connectivity index is 2.29. The van der Waals surface area contributed by atoms with Crippen LogP contribution in [-0.4, -0.2) is 49.2 Å². The van der Waals surface area contributed by atoms with Gasteiger partial charge in [-0.15, -0.1) is 0 Å². The van der Waals surface area contributed by atoms with E-state index in [1.54, 1.807) is 0 Å². The molecule has 60 valence electrons. The Morgan fingerprint density at radius 3 is 2.60 bits per heavy atom. The fourth-order valence-electron chi connectivity index (χ4n) is 1.26. The molecule has 0 aliphatic carbocycles. The summed E-state index contributed by atoms with van der Waals surface area (Å²) in [5.74, 6) is 0.